The van der Waals surface area contributed by atoms with Gasteiger partial charge < -0.3 is 47.6 Å². The Kier molecular flexibility index (Phi) is 16.8. The van der Waals surface area contributed by atoms with Crippen LogP contribution in [-0.4, -0.2) is 11.4 Å². The van der Waals surface area contributed by atoms with Crippen LogP contribution in [0.5, 0.6) is 5.75 Å². The molecule has 0 heterocycles. The van der Waals surface area contributed by atoms with E-state index in [1.54, 1.807) is 17.8 Å². The summed E-state index contributed by atoms with van der Waals surface area (Å²) in [5, 5.41) is 13.0. The Hall–Kier alpha value is -0.0257. The van der Waals surface area contributed by atoms with Crippen LogP contribution in [0.1, 0.15) is 5.56 Å². The number of phenols is 1. The smallest absolute Gasteiger partial charge is 1.00 e. The molecule has 0 aliphatic heterocycles. The van der Waals surface area contributed by atoms with Crippen LogP contribution >= 0.6 is 11.8 Å². The van der Waals surface area contributed by atoms with Crippen LogP contribution in [0.25, 0.3) is 0 Å². The number of para-hydroxylation sites is 2. The molecule has 7 heteroatoms. The third-order valence-electron chi connectivity index (χ3n) is 2.57. The average molecular weight is 400 g/mol. The van der Waals surface area contributed by atoms with Gasteiger partial charge in [0.2, 0.25) is 0 Å². The number of halogens is 3. The van der Waals surface area contributed by atoms with Crippen molar-refractivity contribution in [1.29, 1.82) is 0 Å². The number of thioether (sulfide) groups is 1. The number of benzene rings is 2. The first-order valence-electron chi connectivity index (χ1n) is 5.45. The number of anilines is 1. The molecule has 2 nitrogen and oxygen atoms in total. The Morgan fingerprint density at radius 3 is 2.14 bits per heavy atom. The third-order valence-corrected chi connectivity index (χ3v) is 3.36. The molecule has 0 spiro atoms. The fraction of sp³-hybridized carbons (Fsp3) is 0.143. The Bertz CT molecular complexity index is 517. The maximum Gasteiger partial charge on any atom is 3.00 e. The van der Waals surface area contributed by atoms with Gasteiger partial charge in [0.1, 0.15) is 5.75 Å². The van der Waals surface area contributed by atoms with Crippen LogP contribution in [0.2, 0.25) is 0 Å². The number of hydrogen-bond donors (Lipinski definition) is 2. The zero-order valence-electron chi connectivity index (χ0n) is 11.3. The van der Waals surface area contributed by atoms with Gasteiger partial charge in [0.05, 0.1) is 0 Å². The van der Waals surface area contributed by atoms with Crippen molar-refractivity contribution >= 4 is 17.4 Å². The van der Waals surface area contributed by atoms with E-state index < -0.39 is 0 Å². The van der Waals surface area contributed by atoms with E-state index in [0.717, 1.165) is 11.3 Å². The van der Waals surface area contributed by atoms with E-state index in [0.29, 0.717) is 12.3 Å². The van der Waals surface area contributed by atoms with E-state index in [2.05, 4.69) is 17.6 Å². The molecule has 0 saturated heterocycles. The van der Waals surface area contributed by atoms with E-state index in [-0.39, 0.29) is 58.9 Å². The first-order chi connectivity index (χ1) is 8.31. The molecule has 0 aromatic heterocycles. The molecule has 113 valence electrons. The van der Waals surface area contributed by atoms with Gasteiger partial charge in [-0.05, 0) is 24.5 Å². The summed E-state index contributed by atoms with van der Waals surface area (Å²) in [6, 6.07) is 15.5. The molecule has 0 unspecified atom stereocenters. The summed E-state index contributed by atoms with van der Waals surface area (Å²) >= 11 is 1.71. The monoisotopic (exact) mass is 398 g/mol. The number of hydrogen-bond acceptors (Lipinski definition) is 3. The molecule has 0 amide bonds. The molecule has 2 rings (SSSR count). The van der Waals surface area contributed by atoms with E-state index in [9.17, 15) is 5.11 Å². The molecule has 0 atom stereocenters. The summed E-state index contributed by atoms with van der Waals surface area (Å²) in [5.41, 5.74) is 2.01. The van der Waals surface area contributed by atoms with Crippen LogP contribution in [0.3, 0.4) is 0 Å². The summed E-state index contributed by atoms with van der Waals surface area (Å²) in [4.78, 5) is 1.21. The van der Waals surface area contributed by atoms with Crippen LogP contribution in [0.4, 0.5) is 5.69 Å². The Morgan fingerprint density at radius 2 is 1.52 bits per heavy atom. The average Bonchev–Trinajstić information content (AvgIpc) is 2.38. The number of rotatable bonds is 4. The van der Waals surface area contributed by atoms with E-state index >= 15 is 0 Å². The van der Waals surface area contributed by atoms with Gasteiger partial charge in [0.15, 0.2) is 0 Å². The zero-order chi connectivity index (χ0) is 12.1. The number of phenolic OH excluding ortho intramolecular Hbond substituents is 1. The van der Waals surface area contributed by atoms with Crippen LogP contribution in [0, 0.1) is 0 Å². The van der Waals surface area contributed by atoms with Gasteiger partial charge in [0.25, 0.3) is 0 Å². The topological polar surface area (TPSA) is 32.3 Å². The van der Waals surface area contributed by atoms with Gasteiger partial charge in [-0.25, -0.2) is 0 Å². The zero-order valence-corrected chi connectivity index (χ0v) is 16.0. The van der Waals surface area contributed by atoms with E-state index in [1.165, 1.54) is 4.90 Å². The largest absolute Gasteiger partial charge is 3.00 e. The predicted octanol–water partition coefficient (Wildman–Crippen LogP) is -5.26. The summed E-state index contributed by atoms with van der Waals surface area (Å²) in [5.74, 6) is 0.335. The molecule has 21 heavy (non-hydrogen) atoms. The molecule has 2 N–H and O–H groups in total. The van der Waals surface area contributed by atoms with Crippen molar-refractivity contribution < 1.29 is 64.0 Å². The van der Waals surface area contributed by atoms with Gasteiger partial charge >= 0.3 is 21.7 Å². The van der Waals surface area contributed by atoms with E-state index in [1.807, 2.05) is 36.4 Å². The molecular weight excluding hydrogens is 384 g/mol. The van der Waals surface area contributed by atoms with Crippen molar-refractivity contribution in [3.63, 3.8) is 0 Å². The molecule has 0 bridgehead atoms. The Morgan fingerprint density at radius 1 is 0.952 bits per heavy atom. The van der Waals surface area contributed by atoms with E-state index in [4.69, 9.17) is 0 Å². The standard InChI is InChI=1S/C14H15NOS.3ClH.Ti/c1-17-14-9-5-3-7-12(14)15-10-11-6-2-4-8-13(11)16;;;;/h2-9,15-16H,10H2,1H3;3*1H;/q;;;;+3/p-3. The molecule has 2 aromatic rings. The quantitative estimate of drug-likeness (QED) is 0.398. The van der Waals surface area contributed by atoms with Gasteiger partial charge in [-0.1, -0.05) is 30.3 Å². The summed E-state index contributed by atoms with van der Waals surface area (Å²) in [6.45, 7) is 0.629. The predicted molar refractivity (Wildman–Crippen MR) is 73.7 cm³/mol. The van der Waals surface area contributed by atoms with Crippen molar-refractivity contribution in [2.45, 2.75) is 11.4 Å². The van der Waals surface area contributed by atoms with Crippen molar-refractivity contribution in [2.75, 3.05) is 11.6 Å². The molecule has 0 aliphatic carbocycles. The minimum atomic E-state index is 0. The maximum absolute atomic E-state index is 9.67. The van der Waals surface area contributed by atoms with Crippen LogP contribution in [-0.2, 0) is 28.3 Å². The van der Waals surface area contributed by atoms with Gasteiger partial charge in [-0.3, -0.25) is 0 Å². The molecule has 1 radical (unpaired) electrons. The first kappa shape index (κ1) is 25.9. The third kappa shape index (κ3) is 7.69. The molecule has 0 aliphatic rings. The Balaban J connectivity index is -0.000000810. The summed E-state index contributed by atoms with van der Waals surface area (Å²) in [6.07, 6.45) is 2.06. The second-order valence-corrected chi connectivity index (χ2v) is 4.53. The minimum absolute atomic E-state index is 0. The molecule has 0 saturated carbocycles. The van der Waals surface area contributed by atoms with Crippen molar-refractivity contribution in [3.05, 3.63) is 54.1 Å². The second kappa shape index (κ2) is 13.6. The van der Waals surface area contributed by atoms with Gasteiger partial charge in [-0.15, -0.1) is 11.8 Å². The normalized spacial score (nSPS) is 8.24. The fourth-order valence-electron chi connectivity index (χ4n) is 1.64. The summed E-state index contributed by atoms with van der Waals surface area (Å²) < 4.78 is 0. The number of nitrogens with one attached hydrogen (secondary N) is 1. The van der Waals surface area contributed by atoms with Crippen molar-refractivity contribution in [2.24, 2.45) is 0 Å². The first-order valence-corrected chi connectivity index (χ1v) is 6.67. The summed E-state index contributed by atoms with van der Waals surface area (Å²) in [7, 11) is 0. The van der Waals surface area contributed by atoms with Crippen molar-refractivity contribution in [3.8, 4) is 5.75 Å². The second-order valence-electron chi connectivity index (χ2n) is 3.68. The van der Waals surface area contributed by atoms with Crippen molar-refractivity contribution in [1.82, 2.24) is 0 Å². The molecule has 0 fully saturated rings. The van der Waals surface area contributed by atoms with Gasteiger partial charge in [-0.2, -0.15) is 0 Å². The Labute approximate surface area is 163 Å². The number of aromatic hydroxyl groups is 1. The minimum Gasteiger partial charge on any atom is -1.00 e. The SMILES string of the molecule is CSc1ccccc1NCc1ccccc1O.[Cl-].[Cl-].[Cl-].[Ti+3]. The fourth-order valence-corrected chi connectivity index (χ4v) is 2.22. The molecule has 2 aromatic carbocycles. The van der Waals surface area contributed by atoms with Crippen LogP contribution < -0.4 is 42.5 Å². The van der Waals surface area contributed by atoms with Crippen LogP contribution in [0.15, 0.2) is 53.4 Å². The maximum atomic E-state index is 9.67. The molecular formula is C14H15Cl3NOSTi. The van der Waals surface area contributed by atoms with Gasteiger partial charge in [0, 0.05) is 22.7 Å².